The molecule has 0 radical (unpaired) electrons. The van der Waals surface area contributed by atoms with Gasteiger partial charge < -0.3 is 11.1 Å². The molecule has 9 nitrogen and oxygen atoms in total. The number of carbonyl (C=O) groups excluding carboxylic acids is 1. The summed E-state index contributed by atoms with van der Waals surface area (Å²) in [6.07, 6.45) is 0. The van der Waals surface area contributed by atoms with Crippen molar-refractivity contribution < 1.29 is 19.0 Å². The second-order valence-corrected chi connectivity index (χ2v) is 4.60. The summed E-state index contributed by atoms with van der Waals surface area (Å²) >= 11 is 0. The van der Waals surface area contributed by atoms with Gasteiger partial charge in [-0.3, -0.25) is 25.0 Å². The summed E-state index contributed by atoms with van der Waals surface area (Å²) in [4.78, 5) is 30.9. The first-order valence-corrected chi connectivity index (χ1v) is 5.83. The van der Waals surface area contributed by atoms with Gasteiger partial charge in [-0.25, -0.2) is 4.39 Å². The predicted molar refractivity (Wildman–Crippen MR) is 71.2 cm³/mol. The average molecular weight is 300 g/mol. The van der Waals surface area contributed by atoms with E-state index >= 15 is 0 Å². The van der Waals surface area contributed by atoms with Gasteiger partial charge in [0.1, 0.15) is 6.04 Å². The van der Waals surface area contributed by atoms with Crippen LogP contribution in [0.4, 0.5) is 21.5 Å². The summed E-state index contributed by atoms with van der Waals surface area (Å²) in [5, 5.41) is 23.9. The number of amides is 1. The summed E-state index contributed by atoms with van der Waals surface area (Å²) in [5.74, 6) is -2.39. The average Bonchev–Trinajstić information content (AvgIpc) is 2.34. The lowest BCUT2D eigenvalue weighted by molar-refractivity contribution is -0.393. The van der Waals surface area contributed by atoms with E-state index in [9.17, 15) is 29.4 Å². The number of nitro benzene ring substituents is 2. The quantitative estimate of drug-likeness (QED) is 0.603. The van der Waals surface area contributed by atoms with E-state index in [2.05, 4.69) is 5.32 Å². The van der Waals surface area contributed by atoms with Crippen molar-refractivity contribution in [3.8, 4) is 0 Å². The molecule has 1 amide bonds. The van der Waals surface area contributed by atoms with Crippen LogP contribution in [-0.4, -0.2) is 21.8 Å². The summed E-state index contributed by atoms with van der Waals surface area (Å²) in [6.45, 7) is 3.22. The molecule has 0 aliphatic heterocycles. The van der Waals surface area contributed by atoms with Gasteiger partial charge in [-0.15, -0.1) is 0 Å². The Morgan fingerprint density at radius 3 is 2.24 bits per heavy atom. The minimum atomic E-state index is -1.21. The number of rotatable bonds is 6. The van der Waals surface area contributed by atoms with Gasteiger partial charge in [-0.1, -0.05) is 13.8 Å². The molecule has 0 spiro atoms. The highest BCUT2D eigenvalue weighted by Gasteiger charge is 2.29. The van der Waals surface area contributed by atoms with Crippen molar-refractivity contribution in [3.63, 3.8) is 0 Å². The molecule has 1 atom stereocenters. The van der Waals surface area contributed by atoms with Crippen LogP contribution in [0.5, 0.6) is 0 Å². The summed E-state index contributed by atoms with van der Waals surface area (Å²) in [6, 6.07) is 0.0944. The maximum Gasteiger partial charge on any atom is 0.302 e. The molecule has 0 saturated carbocycles. The highest BCUT2D eigenvalue weighted by atomic mass is 19.1. The van der Waals surface area contributed by atoms with Crippen LogP contribution in [-0.2, 0) is 4.79 Å². The smallest absolute Gasteiger partial charge is 0.302 e. The van der Waals surface area contributed by atoms with Gasteiger partial charge in [-0.2, -0.15) is 0 Å². The predicted octanol–water partition coefficient (Wildman–Crippen LogP) is 1.56. The molecule has 1 unspecified atom stereocenters. The second-order valence-electron chi connectivity index (χ2n) is 4.60. The number of non-ortho nitro benzene ring substituents is 1. The van der Waals surface area contributed by atoms with Crippen molar-refractivity contribution in [2.75, 3.05) is 5.32 Å². The van der Waals surface area contributed by atoms with Crippen LogP contribution in [0.1, 0.15) is 13.8 Å². The van der Waals surface area contributed by atoms with E-state index in [1.165, 1.54) is 0 Å². The molecule has 3 N–H and O–H groups in total. The molecule has 0 aliphatic rings. The highest BCUT2D eigenvalue weighted by molar-refractivity contribution is 5.84. The monoisotopic (exact) mass is 300 g/mol. The molecule has 0 saturated heterocycles. The number of nitrogens with one attached hydrogen (secondary N) is 1. The standard InChI is InChI=1S/C11H13FN4O5/c1-5(2)9(11(13)17)14-10-7(12)3-6(15(18)19)4-8(10)16(20)21/h3-5,9,14H,1-2H3,(H2,13,17). The largest absolute Gasteiger partial charge is 0.368 e. The number of nitro groups is 2. The number of carbonyl (C=O) groups is 1. The van der Waals surface area contributed by atoms with Crippen LogP contribution >= 0.6 is 0 Å². The van der Waals surface area contributed by atoms with E-state index in [1.54, 1.807) is 13.8 Å². The Bertz CT molecular complexity index is 605. The van der Waals surface area contributed by atoms with Crippen LogP contribution in [0.2, 0.25) is 0 Å². The number of primary amides is 1. The van der Waals surface area contributed by atoms with Gasteiger partial charge in [0.05, 0.1) is 22.0 Å². The highest BCUT2D eigenvalue weighted by Crippen LogP contribution is 2.33. The van der Waals surface area contributed by atoms with Crippen LogP contribution in [0, 0.1) is 32.0 Å². The molecule has 21 heavy (non-hydrogen) atoms. The van der Waals surface area contributed by atoms with E-state index in [-0.39, 0.29) is 5.92 Å². The SMILES string of the molecule is CC(C)C(Nc1c(F)cc([N+](=O)[O-])cc1[N+](=O)[O-])C(N)=O. The molecule has 114 valence electrons. The van der Waals surface area contributed by atoms with Gasteiger partial charge in [0.2, 0.25) is 5.91 Å². The first-order chi connectivity index (χ1) is 9.65. The summed E-state index contributed by atoms with van der Waals surface area (Å²) in [7, 11) is 0. The maximum atomic E-state index is 13.9. The van der Waals surface area contributed by atoms with Crippen LogP contribution in [0.3, 0.4) is 0 Å². The van der Waals surface area contributed by atoms with Gasteiger partial charge in [0.25, 0.3) is 5.69 Å². The van der Waals surface area contributed by atoms with Crippen molar-refractivity contribution in [2.24, 2.45) is 11.7 Å². The molecule has 1 aromatic carbocycles. The van der Waals surface area contributed by atoms with Crippen molar-refractivity contribution >= 4 is 23.0 Å². The Kier molecular flexibility index (Phi) is 4.74. The fourth-order valence-electron chi connectivity index (χ4n) is 1.69. The Balaban J connectivity index is 3.38. The van der Waals surface area contributed by atoms with Gasteiger partial charge in [-0.05, 0) is 5.92 Å². The third kappa shape index (κ3) is 3.61. The molecule has 0 heterocycles. The van der Waals surface area contributed by atoms with E-state index < -0.39 is 44.7 Å². The number of hydrogen-bond donors (Lipinski definition) is 2. The number of nitrogens with zero attached hydrogens (tertiary/aromatic N) is 2. The molecule has 10 heteroatoms. The van der Waals surface area contributed by atoms with Crippen molar-refractivity contribution in [2.45, 2.75) is 19.9 Å². The van der Waals surface area contributed by atoms with Crippen LogP contribution in [0.15, 0.2) is 12.1 Å². The lowest BCUT2D eigenvalue weighted by Gasteiger charge is -2.20. The summed E-state index contributed by atoms with van der Waals surface area (Å²) in [5.41, 5.74) is 2.93. The Hall–Kier alpha value is -2.78. The van der Waals surface area contributed by atoms with Crippen LogP contribution < -0.4 is 11.1 Å². The van der Waals surface area contributed by atoms with Gasteiger partial charge in [0, 0.05) is 0 Å². The minimum Gasteiger partial charge on any atom is -0.368 e. The molecule has 0 fully saturated rings. The van der Waals surface area contributed by atoms with Crippen molar-refractivity contribution in [1.29, 1.82) is 0 Å². The lowest BCUT2D eigenvalue weighted by atomic mass is 10.0. The third-order valence-electron chi connectivity index (χ3n) is 2.73. The lowest BCUT2D eigenvalue weighted by Crippen LogP contribution is -2.39. The zero-order chi connectivity index (χ0) is 16.3. The van der Waals surface area contributed by atoms with Gasteiger partial charge in [0.15, 0.2) is 11.5 Å². The molecular weight excluding hydrogens is 287 g/mol. The van der Waals surface area contributed by atoms with E-state index in [0.717, 1.165) is 0 Å². The van der Waals surface area contributed by atoms with Crippen molar-refractivity contribution in [3.05, 3.63) is 38.2 Å². The molecular formula is C11H13FN4O5. The maximum absolute atomic E-state index is 13.9. The first kappa shape index (κ1) is 16.3. The molecule has 1 rings (SSSR count). The fourth-order valence-corrected chi connectivity index (χ4v) is 1.69. The minimum absolute atomic E-state index is 0.364. The summed E-state index contributed by atoms with van der Waals surface area (Å²) < 4.78 is 13.9. The van der Waals surface area contributed by atoms with E-state index in [0.29, 0.717) is 12.1 Å². The Labute approximate surface area is 118 Å². The van der Waals surface area contributed by atoms with E-state index in [4.69, 9.17) is 5.73 Å². The van der Waals surface area contributed by atoms with Gasteiger partial charge >= 0.3 is 5.69 Å². The number of halogens is 1. The fraction of sp³-hybridized carbons (Fsp3) is 0.364. The van der Waals surface area contributed by atoms with E-state index in [1.807, 2.05) is 0 Å². The first-order valence-electron chi connectivity index (χ1n) is 5.83. The molecule has 0 bridgehead atoms. The molecule has 0 aliphatic carbocycles. The van der Waals surface area contributed by atoms with Crippen LogP contribution in [0.25, 0.3) is 0 Å². The topological polar surface area (TPSA) is 141 Å². The zero-order valence-corrected chi connectivity index (χ0v) is 11.2. The number of benzene rings is 1. The number of anilines is 1. The molecule has 0 aromatic heterocycles. The Morgan fingerprint density at radius 1 is 1.29 bits per heavy atom. The molecule has 1 aromatic rings. The Morgan fingerprint density at radius 2 is 1.86 bits per heavy atom. The number of nitrogens with two attached hydrogens (primary N) is 1. The number of hydrogen-bond acceptors (Lipinski definition) is 6. The third-order valence-corrected chi connectivity index (χ3v) is 2.73. The second kappa shape index (κ2) is 6.11. The zero-order valence-electron chi connectivity index (χ0n) is 11.2. The van der Waals surface area contributed by atoms with Crippen molar-refractivity contribution in [1.82, 2.24) is 0 Å². The normalized spacial score (nSPS) is 12.0.